The number of ether oxygens (including phenoxy) is 1. The Morgan fingerprint density at radius 2 is 1.91 bits per heavy atom. The van der Waals surface area contributed by atoms with Crippen molar-refractivity contribution in [3.8, 4) is 5.75 Å². The van der Waals surface area contributed by atoms with E-state index in [9.17, 15) is 19.7 Å². The number of non-ortho nitro benzene ring substituents is 1. The number of rotatable bonds is 10. The van der Waals surface area contributed by atoms with Gasteiger partial charge in [0, 0.05) is 19.2 Å². The van der Waals surface area contributed by atoms with Gasteiger partial charge in [-0.3, -0.25) is 19.7 Å². The molecule has 2 aromatic carbocycles. The Morgan fingerprint density at radius 1 is 1.20 bits per heavy atom. The van der Waals surface area contributed by atoms with Gasteiger partial charge in [-0.05, 0) is 30.7 Å². The Bertz CT molecular complexity index is 1230. The number of thioether (sulfide) groups is 1. The van der Waals surface area contributed by atoms with Crippen LogP contribution in [0.1, 0.15) is 24.4 Å². The zero-order chi connectivity index (χ0) is 25.5. The number of benzene rings is 2. The predicted octanol–water partition coefficient (Wildman–Crippen LogP) is 3.54. The second-order valence-electron chi connectivity index (χ2n) is 7.47. The average Bonchev–Trinajstić information content (AvgIpc) is 3.19. The first-order valence-corrected chi connectivity index (χ1v) is 11.7. The number of halogens is 1. The number of amides is 2. The SMILES string of the molecule is COc1ccc(CC(=O)NC(C)c2nnc(SCC(=O)Nc3cc([N+](=O)[O-])ccc3Cl)n2C)cc1. The van der Waals surface area contributed by atoms with Gasteiger partial charge < -0.3 is 19.9 Å². The van der Waals surface area contributed by atoms with Crippen LogP contribution in [0.2, 0.25) is 5.02 Å². The molecule has 0 saturated heterocycles. The van der Waals surface area contributed by atoms with Crippen molar-refractivity contribution < 1.29 is 19.2 Å². The lowest BCUT2D eigenvalue weighted by molar-refractivity contribution is -0.384. The van der Waals surface area contributed by atoms with Gasteiger partial charge in [-0.1, -0.05) is 35.5 Å². The van der Waals surface area contributed by atoms with E-state index < -0.39 is 16.9 Å². The number of anilines is 1. The molecular weight excluding hydrogens is 496 g/mol. The molecule has 0 fully saturated rings. The highest BCUT2D eigenvalue weighted by Crippen LogP contribution is 2.27. The minimum absolute atomic E-state index is 0.0246. The fourth-order valence-corrected chi connectivity index (χ4v) is 4.04. The van der Waals surface area contributed by atoms with Gasteiger partial charge in [0.1, 0.15) is 5.75 Å². The Hall–Kier alpha value is -3.64. The number of carbonyl (C=O) groups is 2. The molecule has 0 radical (unpaired) electrons. The molecule has 1 atom stereocenters. The largest absolute Gasteiger partial charge is 0.497 e. The van der Waals surface area contributed by atoms with Gasteiger partial charge in [-0.15, -0.1) is 10.2 Å². The van der Waals surface area contributed by atoms with Crippen LogP contribution < -0.4 is 15.4 Å². The first-order valence-electron chi connectivity index (χ1n) is 10.4. The van der Waals surface area contributed by atoms with Crippen LogP contribution in [0.3, 0.4) is 0 Å². The maximum atomic E-state index is 12.4. The molecule has 2 amide bonds. The molecule has 0 saturated carbocycles. The maximum Gasteiger partial charge on any atom is 0.271 e. The molecule has 0 aliphatic rings. The molecule has 2 N–H and O–H groups in total. The number of aromatic nitrogens is 3. The predicted molar refractivity (Wildman–Crippen MR) is 132 cm³/mol. The molecule has 11 nitrogen and oxygen atoms in total. The Labute approximate surface area is 210 Å². The minimum Gasteiger partial charge on any atom is -0.497 e. The highest BCUT2D eigenvalue weighted by molar-refractivity contribution is 7.99. The Balaban J connectivity index is 1.55. The smallest absolute Gasteiger partial charge is 0.271 e. The van der Waals surface area contributed by atoms with E-state index >= 15 is 0 Å². The summed E-state index contributed by atoms with van der Waals surface area (Å²) < 4.78 is 6.81. The van der Waals surface area contributed by atoms with Crippen molar-refractivity contribution in [2.75, 3.05) is 18.2 Å². The van der Waals surface area contributed by atoms with Crippen LogP contribution in [-0.2, 0) is 23.1 Å². The number of carbonyl (C=O) groups excluding carboxylic acids is 2. The van der Waals surface area contributed by atoms with Crippen molar-refractivity contribution >= 4 is 46.6 Å². The van der Waals surface area contributed by atoms with Crippen molar-refractivity contribution in [1.82, 2.24) is 20.1 Å². The molecule has 1 aromatic heterocycles. The molecule has 35 heavy (non-hydrogen) atoms. The van der Waals surface area contributed by atoms with Gasteiger partial charge in [0.2, 0.25) is 11.8 Å². The summed E-state index contributed by atoms with van der Waals surface area (Å²) in [6.07, 6.45) is 0.203. The third-order valence-electron chi connectivity index (χ3n) is 4.92. The molecule has 1 unspecified atom stereocenters. The zero-order valence-electron chi connectivity index (χ0n) is 19.1. The van der Waals surface area contributed by atoms with Crippen LogP contribution in [0.4, 0.5) is 11.4 Å². The van der Waals surface area contributed by atoms with Crippen molar-refractivity contribution in [2.24, 2.45) is 7.05 Å². The van der Waals surface area contributed by atoms with Crippen molar-refractivity contribution in [1.29, 1.82) is 0 Å². The fourth-order valence-electron chi connectivity index (χ4n) is 3.15. The number of hydrogen-bond acceptors (Lipinski definition) is 8. The van der Waals surface area contributed by atoms with E-state index in [1.165, 1.54) is 18.2 Å². The van der Waals surface area contributed by atoms with Gasteiger partial charge in [0.05, 0.1) is 41.0 Å². The summed E-state index contributed by atoms with van der Waals surface area (Å²) in [5, 5.41) is 25.3. The second-order valence-corrected chi connectivity index (χ2v) is 8.82. The molecule has 0 aliphatic heterocycles. The number of nitrogens with zero attached hydrogens (tertiary/aromatic N) is 4. The van der Waals surface area contributed by atoms with Crippen LogP contribution >= 0.6 is 23.4 Å². The molecule has 184 valence electrons. The molecule has 13 heteroatoms. The van der Waals surface area contributed by atoms with Crippen molar-refractivity contribution in [2.45, 2.75) is 24.5 Å². The molecule has 3 rings (SSSR count). The summed E-state index contributed by atoms with van der Waals surface area (Å²) in [7, 11) is 3.31. The van der Waals surface area contributed by atoms with Crippen LogP contribution in [0.25, 0.3) is 0 Å². The number of hydrogen-bond donors (Lipinski definition) is 2. The van der Waals surface area contributed by atoms with Crippen molar-refractivity contribution in [3.63, 3.8) is 0 Å². The third kappa shape index (κ3) is 6.93. The van der Waals surface area contributed by atoms with E-state index in [1.54, 1.807) is 37.8 Å². The lowest BCUT2D eigenvalue weighted by Crippen LogP contribution is -2.29. The molecule has 3 aromatic rings. The van der Waals surface area contributed by atoms with Crippen LogP contribution in [-0.4, -0.2) is 44.4 Å². The van der Waals surface area contributed by atoms with Crippen LogP contribution in [0.5, 0.6) is 5.75 Å². The maximum absolute atomic E-state index is 12.4. The Morgan fingerprint density at radius 3 is 2.57 bits per heavy atom. The topological polar surface area (TPSA) is 141 Å². The standard InChI is InChI=1S/C22H23ClN6O5S/c1-13(24-19(30)10-14-4-7-16(34-3)8-5-14)21-26-27-22(28(21)2)35-12-20(31)25-18-11-15(29(32)33)6-9-17(18)23/h4-9,11,13H,10,12H2,1-3H3,(H,24,30)(H,25,31). The summed E-state index contributed by atoms with van der Waals surface area (Å²) in [4.78, 5) is 35.2. The monoisotopic (exact) mass is 518 g/mol. The summed E-state index contributed by atoms with van der Waals surface area (Å²) >= 11 is 7.15. The van der Waals surface area contributed by atoms with Gasteiger partial charge in [0.15, 0.2) is 11.0 Å². The van der Waals surface area contributed by atoms with E-state index in [4.69, 9.17) is 16.3 Å². The van der Waals surface area contributed by atoms with Crippen LogP contribution in [0.15, 0.2) is 47.6 Å². The molecule has 0 spiro atoms. The zero-order valence-corrected chi connectivity index (χ0v) is 20.7. The molecule has 0 aliphatic carbocycles. The first kappa shape index (κ1) is 26.0. The van der Waals surface area contributed by atoms with E-state index in [1.807, 2.05) is 12.1 Å². The van der Waals surface area contributed by atoms with Gasteiger partial charge in [-0.25, -0.2) is 0 Å². The van der Waals surface area contributed by atoms with Gasteiger partial charge in [0.25, 0.3) is 5.69 Å². The van der Waals surface area contributed by atoms with Gasteiger partial charge >= 0.3 is 0 Å². The fraction of sp³-hybridized carbons (Fsp3) is 0.273. The first-order chi connectivity index (χ1) is 16.7. The second kappa shape index (κ2) is 11.7. The molecule has 1 heterocycles. The minimum atomic E-state index is -0.571. The summed E-state index contributed by atoms with van der Waals surface area (Å²) in [5.41, 5.74) is 0.816. The summed E-state index contributed by atoms with van der Waals surface area (Å²) in [6, 6.07) is 10.6. The highest BCUT2D eigenvalue weighted by Gasteiger charge is 2.19. The van der Waals surface area contributed by atoms with E-state index in [-0.39, 0.29) is 34.5 Å². The lowest BCUT2D eigenvalue weighted by Gasteiger charge is -2.14. The molecular formula is C22H23ClN6O5S. The normalized spacial score (nSPS) is 11.5. The van der Waals surface area contributed by atoms with Gasteiger partial charge in [-0.2, -0.15) is 0 Å². The lowest BCUT2D eigenvalue weighted by atomic mass is 10.1. The van der Waals surface area contributed by atoms with Crippen LogP contribution in [0, 0.1) is 10.1 Å². The van der Waals surface area contributed by atoms with Crippen molar-refractivity contribution in [3.05, 3.63) is 69.0 Å². The highest BCUT2D eigenvalue weighted by atomic mass is 35.5. The third-order valence-corrected chi connectivity index (χ3v) is 6.27. The summed E-state index contributed by atoms with van der Waals surface area (Å²) in [6.45, 7) is 1.79. The summed E-state index contributed by atoms with van der Waals surface area (Å²) in [5.74, 6) is 0.630. The average molecular weight is 519 g/mol. The number of nitrogens with one attached hydrogen (secondary N) is 2. The number of nitro groups is 1. The number of methoxy groups -OCH3 is 1. The number of nitro benzene ring substituents is 1. The quantitative estimate of drug-likeness (QED) is 0.236. The van der Waals surface area contributed by atoms with E-state index in [2.05, 4.69) is 20.8 Å². The van der Waals surface area contributed by atoms with E-state index in [0.717, 1.165) is 17.3 Å². The molecule has 0 bridgehead atoms. The van der Waals surface area contributed by atoms with E-state index in [0.29, 0.717) is 16.7 Å². The Kier molecular flexibility index (Phi) is 8.66.